The van der Waals surface area contributed by atoms with Crippen LogP contribution in [-0.4, -0.2) is 28.3 Å². The summed E-state index contributed by atoms with van der Waals surface area (Å²) in [4.78, 5) is 0. The van der Waals surface area contributed by atoms with E-state index >= 15 is 0 Å². The lowest BCUT2D eigenvalue weighted by atomic mass is 10.3. The second kappa shape index (κ2) is 8.16. The first kappa shape index (κ1) is 19.7. The van der Waals surface area contributed by atoms with E-state index in [2.05, 4.69) is 0 Å². The maximum Gasteiger partial charge on any atom is 0.235 e. The summed E-state index contributed by atoms with van der Waals surface area (Å²) < 4.78 is 18.2. The molecule has 0 fully saturated rings. The standard InChI is InChI=1S/C18H28N2O3Si2/c1-24(2,17(19)21-15-11-7-5-8-12-15)23-25(3,4)18(20)22-16-13-9-6-10-14-16/h5-14,17-18H,19-20H2,1-4H3. The number of hydrogen-bond acceptors (Lipinski definition) is 5. The van der Waals surface area contributed by atoms with E-state index in [1.807, 2.05) is 86.9 Å². The molecular formula is C18H28N2O3Si2. The zero-order chi connectivity index (χ0) is 18.5. The van der Waals surface area contributed by atoms with Crippen LogP contribution in [0.25, 0.3) is 0 Å². The van der Waals surface area contributed by atoms with E-state index in [1.165, 1.54) is 0 Å². The third kappa shape index (κ3) is 5.69. The Balaban J connectivity index is 2.01. The Morgan fingerprint density at radius 1 is 0.640 bits per heavy atom. The number of benzene rings is 2. The smallest absolute Gasteiger partial charge is 0.235 e. The Kier molecular flexibility index (Phi) is 6.42. The molecule has 7 heteroatoms. The van der Waals surface area contributed by atoms with Crippen molar-refractivity contribution in [3.8, 4) is 11.5 Å². The monoisotopic (exact) mass is 376 g/mol. The molecule has 0 aliphatic carbocycles. The summed E-state index contributed by atoms with van der Waals surface area (Å²) in [7, 11) is -4.70. The van der Waals surface area contributed by atoms with Gasteiger partial charge in [-0.05, 0) is 50.5 Å². The molecule has 25 heavy (non-hydrogen) atoms. The molecule has 0 saturated heterocycles. The van der Waals surface area contributed by atoms with Gasteiger partial charge in [0.1, 0.15) is 11.5 Å². The Bertz CT molecular complexity index is 596. The topological polar surface area (TPSA) is 79.7 Å². The van der Waals surface area contributed by atoms with E-state index in [4.69, 9.17) is 25.1 Å². The molecule has 0 aliphatic rings. The summed E-state index contributed by atoms with van der Waals surface area (Å²) in [6.07, 6.45) is 0. The lowest BCUT2D eigenvalue weighted by molar-refractivity contribution is 0.234. The number of nitrogens with two attached hydrogens (primary N) is 2. The molecule has 0 bridgehead atoms. The summed E-state index contributed by atoms with van der Waals surface area (Å²) in [6.45, 7) is 8.18. The van der Waals surface area contributed by atoms with Crippen LogP contribution in [0.1, 0.15) is 0 Å². The summed E-state index contributed by atoms with van der Waals surface area (Å²) in [6, 6.07) is 19.1. The fraction of sp³-hybridized carbons (Fsp3) is 0.333. The molecule has 0 amide bonds. The van der Waals surface area contributed by atoms with Crippen LogP contribution < -0.4 is 20.9 Å². The quantitative estimate of drug-likeness (QED) is 0.546. The van der Waals surface area contributed by atoms with E-state index in [9.17, 15) is 0 Å². The van der Waals surface area contributed by atoms with Gasteiger partial charge in [0.2, 0.25) is 16.6 Å². The minimum absolute atomic E-state index is 0.495. The largest absolute Gasteiger partial charge is 0.477 e. The van der Waals surface area contributed by atoms with Crippen LogP contribution in [0.3, 0.4) is 0 Å². The van der Waals surface area contributed by atoms with E-state index < -0.39 is 28.3 Å². The van der Waals surface area contributed by atoms with Crippen molar-refractivity contribution < 1.29 is 13.6 Å². The molecule has 0 heterocycles. The van der Waals surface area contributed by atoms with Crippen molar-refractivity contribution in [2.24, 2.45) is 11.5 Å². The zero-order valence-corrected chi connectivity index (χ0v) is 17.3. The fourth-order valence-electron chi connectivity index (χ4n) is 2.37. The number of hydrogen-bond donors (Lipinski definition) is 2. The number of rotatable bonds is 8. The van der Waals surface area contributed by atoms with Gasteiger partial charge >= 0.3 is 0 Å². The highest BCUT2D eigenvalue weighted by Crippen LogP contribution is 2.23. The SMILES string of the molecule is C[Si](C)(O[Si](C)(C)C(N)Oc1ccccc1)C(N)Oc1ccccc1. The Morgan fingerprint density at radius 2 is 0.960 bits per heavy atom. The number of ether oxygens (including phenoxy) is 2. The normalized spacial score (nSPS) is 14.6. The Morgan fingerprint density at radius 3 is 1.28 bits per heavy atom. The first-order chi connectivity index (χ1) is 11.7. The molecule has 2 rings (SSSR count). The predicted molar refractivity (Wildman–Crippen MR) is 106 cm³/mol. The molecule has 0 aromatic heterocycles. The summed E-state index contributed by atoms with van der Waals surface area (Å²) in [5.74, 6) is 0.489. The van der Waals surface area contributed by atoms with Gasteiger partial charge in [-0.2, -0.15) is 0 Å². The Hall–Kier alpha value is -1.65. The van der Waals surface area contributed by atoms with Crippen molar-refractivity contribution in [2.75, 3.05) is 0 Å². The van der Waals surface area contributed by atoms with E-state index in [-0.39, 0.29) is 0 Å². The molecule has 2 unspecified atom stereocenters. The number of para-hydroxylation sites is 2. The average Bonchev–Trinajstić information content (AvgIpc) is 2.55. The van der Waals surface area contributed by atoms with Crippen molar-refractivity contribution in [1.29, 1.82) is 0 Å². The van der Waals surface area contributed by atoms with Crippen molar-refractivity contribution in [3.63, 3.8) is 0 Å². The van der Waals surface area contributed by atoms with Gasteiger partial charge in [-0.3, -0.25) is 11.5 Å². The van der Waals surface area contributed by atoms with Crippen LogP contribution in [0.15, 0.2) is 60.7 Å². The Labute approximate surface area is 152 Å². The third-order valence-corrected chi connectivity index (χ3v) is 11.1. The van der Waals surface area contributed by atoms with Crippen molar-refractivity contribution in [3.05, 3.63) is 60.7 Å². The molecule has 2 aromatic rings. The molecule has 0 spiro atoms. The maximum absolute atomic E-state index is 6.47. The highest BCUT2D eigenvalue weighted by atomic mass is 28.4. The second-order valence-corrected chi connectivity index (χ2v) is 15.4. The van der Waals surface area contributed by atoms with Crippen LogP contribution in [-0.2, 0) is 4.12 Å². The van der Waals surface area contributed by atoms with Gasteiger partial charge in [0, 0.05) is 0 Å². The molecule has 2 aromatic carbocycles. The van der Waals surface area contributed by atoms with Crippen LogP contribution in [0.5, 0.6) is 11.5 Å². The molecule has 4 N–H and O–H groups in total. The fourth-order valence-corrected chi connectivity index (χ4v) is 9.56. The lowest BCUT2D eigenvalue weighted by Gasteiger charge is -2.39. The lowest BCUT2D eigenvalue weighted by Crippen LogP contribution is -2.64. The van der Waals surface area contributed by atoms with Gasteiger partial charge in [-0.25, -0.2) is 0 Å². The predicted octanol–water partition coefficient (Wildman–Crippen LogP) is 3.22. The molecule has 5 nitrogen and oxygen atoms in total. The molecule has 0 saturated carbocycles. The van der Waals surface area contributed by atoms with Gasteiger partial charge in [0.25, 0.3) is 0 Å². The van der Waals surface area contributed by atoms with Crippen molar-refractivity contribution in [1.82, 2.24) is 0 Å². The van der Waals surface area contributed by atoms with Crippen molar-refractivity contribution in [2.45, 2.75) is 37.9 Å². The van der Waals surface area contributed by atoms with E-state index in [0.29, 0.717) is 0 Å². The van der Waals surface area contributed by atoms with E-state index in [0.717, 1.165) is 11.5 Å². The molecule has 0 aliphatic heterocycles. The highest BCUT2D eigenvalue weighted by molar-refractivity contribution is 6.86. The van der Waals surface area contributed by atoms with Gasteiger partial charge in [-0.15, -0.1) is 0 Å². The molecule has 136 valence electrons. The summed E-state index contributed by atoms with van der Waals surface area (Å²) >= 11 is 0. The minimum atomic E-state index is -2.35. The summed E-state index contributed by atoms with van der Waals surface area (Å²) in [5.41, 5.74) is 12.6. The molecular weight excluding hydrogens is 348 g/mol. The van der Waals surface area contributed by atoms with Crippen molar-refractivity contribution >= 4 is 16.6 Å². The van der Waals surface area contributed by atoms with Gasteiger partial charge in [0.15, 0.2) is 11.7 Å². The van der Waals surface area contributed by atoms with Gasteiger partial charge in [-0.1, -0.05) is 36.4 Å². The van der Waals surface area contributed by atoms with Gasteiger partial charge < -0.3 is 13.6 Å². The van der Waals surface area contributed by atoms with E-state index in [1.54, 1.807) is 0 Å². The van der Waals surface area contributed by atoms with Crippen LogP contribution >= 0.6 is 0 Å². The first-order valence-corrected chi connectivity index (χ1v) is 14.3. The third-order valence-electron chi connectivity index (χ3n) is 3.91. The van der Waals surface area contributed by atoms with Crippen LogP contribution in [0, 0.1) is 0 Å². The average molecular weight is 377 g/mol. The maximum atomic E-state index is 6.47. The van der Waals surface area contributed by atoms with Crippen LogP contribution in [0.4, 0.5) is 0 Å². The highest BCUT2D eigenvalue weighted by Gasteiger charge is 2.43. The van der Waals surface area contributed by atoms with Crippen LogP contribution in [0.2, 0.25) is 26.2 Å². The summed E-state index contributed by atoms with van der Waals surface area (Å²) in [5, 5.41) is 0. The first-order valence-electron chi connectivity index (χ1n) is 8.35. The molecule has 0 radical (unpaired) electrons. The van der Waals surface area contributed by atoms with Gasteiger partial charge in [0.05, 0.1) is 0 Å². The minimum Gasteiger partial charge on any atom is -0.477 e. The molecule has 2 atom stereocenters. The zero-order valence-electron chi connectivity index (χ0n) is 15.3. The second-order valence-electron chi connectivity index (χ2n) is 7.01.